The molecule has 2 rings (SSSR count). The van der Waals surface area contributed by atoms with E-state index in [0.717, 1.165) is 25.7 Å². The number of benzene rings is 2. The summed E-state index contributed by atoms with van der Waals surface area (Å²) in [5.41, 5.74) is 12.4. The molecule has 8 heteroatoms. The van der Waals surface area contributed by atoms with E-state index in [1.165, 1.54) is 19.2 Å². The van der Waals surface area contributed by atoms with E-state index in [2.05, 4.69) is 4.74 Å². The maximum Gasteiger partial charge on any atom is 0.337 e. The number of hydrogen-bond donors (Lipinski definition) is 3. The molecule has 0 fully saturated rings. The quantitative estimate of drug-likeness (QED) is 0.249. The Morgan fingerprint density at radius 1 is 0.727 bits per heavy atom. The molecular formula is C25H32N2O6. The Labute approximate surface area is 193 Å². The van der Waals surface area contributed by atoms with Crippen molar-refractivity contribution >= 4 is 23.5 Å². The number of nitrogens with two attached hydrogens (primary N) is 2. The van der Waals surface area contributed by atoms with Crippen LogP contribution < -0.4 is 11.5 Å². The topological polar surface area (TPSA) is 150 Å². The maximum absolute atomic E-state index is 11.8. The molecule has 33 heavy (non-hydrogen) atoms. The Hall–Kier alpha value is -3.36. The van der Waals surface area contributed by atoms with Gasteiger partial charge in [-0.3, -0.25) is 9.59 Å². The molecule has 5 N–H and O–H groups in total. The molecule has 0 aliphatic heterocycles. The van der Waals surface area contributed by atoms with Gasteiger partial charge in [0.25, 0.3) is 0 Å². The van der Waals surface area contributed by atoms with Crippen molar-refractivity contribution in [2.45, 2.75) is 38.5 Å². The highest BCUT2D eigenvalue weighted by Crippen LogP contribution is 2.11. The lowest BCUT2D eigenvalue weighted by atomic mass is 10.0. The Bertz CT molecular complexity index is 925. The van der Waals surface area contributed by atoms with Gasteiger partial charge in [0.15, 0.2) is 11.6 Å². The third-order valence-corrected chi connectivity index (χ3v) is 4.78. The predicted octanol–water partition coefficient (Wildman–Crippen LogP) is 3.48. The lowest BCUT2D eigenvalue weighted by Gasteiger charge is -2.03. The fourth-order valence-corrected chi connectivity index (χ4v) is 2.88. The lowest BCUT2D eigenvalue weighted by molar-refractivity contribution is 0.0599. The van der Waals surface area contributed by atoms with Gasteiger partial charge in [0.2, 0.25) is 0 Å². The number of esters is 1. The van der Waals surface area contributed by atoms with Gasteiger partial charge in [0.05, 0.1) is 18.2 Å². The van der Waals surface area contributed by atoms with Crippen molar-refractivity contribution in [3.8, 4) is 0 Å². The first-order valence-corrected chi connectivity index (χ1v) is 10.8. The number of carbonyl (C=O) groups is 4. The molecule has 0 aliphatic carbocycles. The molecule has 0 aromatic heterocycles. The zero-order valence-corrected chi connectivity index (χ0v) is 18.9. The second-order valence-electron chi connectivity index (χ2n) is 7.29. The van der Waals surface area contributed by atoms with Crippen LogP contribution in [0.25, 0.3) is 0 Å². The molecule has 0 saturated carbocycles. The fourth-order valence-electron chi connectivity index (χ4n) is 2.88. The Morgan fingerprint density at radius 3 is 1.70 bits per heavy atom. The van der Waals surface area contributed by atoms with Crippen LogP contribution in [-0.2, 0) is 4.74 Å². The molecule has 0 spiro atoms. The standard InChI is InChI=1S/C13H17NO3.C12H15NO3/c1-17-13(16)11-6-4-5-10(9-11)12(15)7-2-3-8-14;13-8-2-1-3-11(14)9-4-6-10(7-5-9)12(15)16/h4-6,9H,2-3,7-8,14H2,1H3;4-7H,1-3,8,13H2,(H,15,16). The molecule has 0 aliphatic rings. The number of carboxylic acids is 1. The van der Waals surface area contributed by atoms with E-state index < -0.39 is 11.9 Å². The zero-order chi connectivity index (χ0) is 24.6. The molecule has 0 bridgehead atoms. The van der Waals surface area contributed by atoms with E-state index in [9.17, 15) is 19.2 Å². The highest BCUT2D eigenvalue weighted by Gasteiger charge is 2.10. The average Bonchev–Trinajstić information content (AvgIpc) is 2.84. The van der Waals surface area contributed by atoms with Crippen molar-refractivity contribution in [2.75, 3.05) is 20.2 Å². The van der Waals surface area contributed by atoms with Gasteiger partial charge in [0, 0.05) is 24.0 Å². The Kier molecular flexibility index (Phi) is 13.0. The van der Waals surface area contributed by atoms with Gasteiger partial charge in [-0.05, 0) is 63.0 Å². The number of carbonyl (C=O) groups excluding carboxylic acids is 3. The number of rotatable bonds is 12. The average molecular weight is 457 g/mol. The SMILES string of the molecule is COC(=O)c1cccc(C(=O)CCCCN)c1.NCCCCC(=O)c1ccc(C(=O)O)cc1. The van der Waals surface area contributed by atoms with Crippen LogP contribution in [0.2, 0.25) is 0 Å². The van der Waals surface area contributed by atoms with Crippen LogP contribution in [0, 0.1) is 0 Å². The monoisotopic (exact) mass is 456 g/mol. The molecule has 2 aromatic rings. The van der Waals surface area contributed by atoms with Gasteiger partial charge in [0.1, 0.15) is 0 Å². The first kappa shape index (κ1) is 27.7. The van der Waals surface area contributed by atoms with Gasteiger partial charge in [-0.15, -0.1) is 0 Å². The molecule has 0 unspecified atom stereocenters. The molecule has 178 valence electrons. The van der Waals surface area contributed by atoms with Crippen LogP contribution in [0.15, 0.2) is 48.5 Å². The van der Waals surface area contributed by atoms with Crippen molar-refractivity contribution in [3.05, 3.63) is 70.8 Å². The van der Waals surface area contributed by atoms with Crippen molar-refractivity contribution in [2.24, 2.45) is 11.5 Å². The van der Waals surface area contributed by atoms with E-state index in [-0.39, 0.29) is 17.1 Å². The predicted molar refractivity (Wildman–Crippen MR) is 126 cm³/mol. The van der Waals surface area contributed by atoms with Crippen LogP contribution >= 0.6 is 0 Å². The Morgan fingerprint density at radius 2 is 1.21 bits per heavy atom. The van der Waals surface area contributed by atoms with E-state index in [0.29, 0.717) is 42.6 Å². The van der Waals surface area contributed by atoms with E-state index in [1.54, 1.807) is 36.4 Å². The van der Waals surface area contributed by atoms with Crippen LogP contribution in [0.5, 0.6) is 0 Å². The van der Waals surface area contributed by atoms with Crippen molar-refractivity contribution in [1.29, 1.82) is 0 Å². The summed E-state index contributed by atoms with van der Waals surface area (Å²) >= 11 is 0. The van der Waals surface area contributed by atoms with Crippen LogP contribution in [-0.4, -0.2) is 48.8 Å². The van der Waals surface area contributed by atoms with E-state index in [4.69, 9.17) is 16.6 Å². The molecule has 0 amide bonds. The smallest absolute Gasteiger partial charge is 0.337 e. The Balaban J connectivity index is 0.000000331. The van der Waals surface area contributed by atoms with Gasteiger partial charge < -0.3 is 21.3 Å². The highest BCUT2D eigenvalue weighted by molar-refractivity contribution is 5.99. The summed E-state index contributed by atoms with van der Waals surface area (Å²) in [6, 6.07) is 12.6. The summed E-state index contributed by atoms with van der Waals surface area (Å²) < 4.78 is 4.60. The van der Waals surface area contributed by atoms with Crippen LogP contribution in [0.3, 0.4) is 0 Å². The largest absolute Gasteiger partial charge is 0.478 e. The van der Waals surface area contributed by atoms with E-state index in [1.807, 2.05) is 0 Å². The summed E-state index contributed by atoms with van der Waals surface area (Å²) in [6.07, 6.45) is 4.14. The second kappa shape index (κ2) is 15.4. The molecule has 0 radical (unpaired) electrons. The first-order chi connectivity index (χ1) is 15.8. The highest BCUT2D eigenvalue weighted by atomic mass is 16.5. The number of ether oxygens (including phenoxy) is 1. The second-order valence-corrected chi connectivity index (χ2v) is 7.29. The number of carboxylic acid groups (broad SMARTS) is 1. The minimum atomic E-state index is -0.984. The van der Waals surface area contributed by atoms with E-state index >= 15 is 0 Å². The summed E-state index contributed by atoms with van der Waals surface area (Å²) in [7, 11) is 1.32. The molecule has 2 aromatic carbocycles. The molecule has 0 atom stereocenters. The van der Waals surface area contributed by atoms with Crippen LogP contribution in [0.4, 0.5) is 0 Å². The number of unbranched alkanes of at least 4 members (excludes halogenated alkanes) is 2. The lowest BCUT2D eigenvalue weighted by Crippen LogP contribution is -2.06. The molecule has 0 saturated heterocycles. The molecule has 0 heterocycles. The molecule has 8 nitrogen and oxygen atoms in total. The van der Waals surface area contributed by atoms with Crippen molar-refractivity contribution in [3.63, 3.8) is 0 Å². The third-order valence-electron chi connectivity index (χ3n) is 4.78. The first-order valence-electron chi connectivity index (χ1n) is 10.8. The van der Waals surface area contributed by atoms with Gasteiger partial charge >= 0.3 is 11.9 Å². The van der Waals surface area contributed by atoms with Crippen molar-refractivity contribution in [1.82, 2.24) is 0 Å². The van der Waals surface area contributed by atoms with Gasteiger partial charge in [-0.25, -0.2) is 9.59 Å². The molecular weight excluding hydrogens is 424 g/mol. The number of Topliss-reactive ketones (excluding diaryl/α,β-unsaturated/α-hetero) is 2. The number of aromatic carboxylic acids is 1. The van der Waals surface area contributed by atoms with Gasteiger partial charge in [-0.2, -0.15) is 0 Å². The van der Waals surface area contributed by atoms with Crippen LogP contribution in [0.1, 0.15) is 80.0 Å². The fraction of sp³-hybridized carbons (Fsp3) is 0.360. The zero-order valence-electron chi connectivity index (χ0n) is 18.9. The maximum atomic E-state index is 11.8. The number of methoxy groups -OCH3 is 1. The van der Waals surface area contributed by atoms with Gasteiger partial charge in [-0.1, -0.05) is 24.3 Å². The minimum absolute atomic E-state index is 0.0317. The summed E-state index contributed by atoms with van der Waals surface area (Å²) in [5.74, 6) is -1.35. The summed E-state index contributed by atoms with van der Waals surface area (Å²) in [6.45, 7) is 1.18. The summed E-state index contributed by atoms with van der Waals surface area (Å²) in [5, 5.41) is 8.69. The number of ketones is 2. The van der Waals surface area contributed by atoms with Crippen molar-refractivity contribution < 1.29 is 29.0 Å². The normalized spacial score (nSPS) is 10.0. The minimum Gasteiger partial charge on any atom is -0.478 e. The third kappa shape index (κ3) is 10.2. The summed E-state index contributed by atoms with van der Waals surface area (Å²) in [4.78, 5) is 45.3. The number of hydrogen-bond acceptors (Lipinski definition) is 7.